The van der Waals surface area contributed by atoms with E-state index in [4.69, 9.17) is 23.7 Å². The second kappa shape index (κ2) is 15.9. The summed E-state index contributed by atoms with van der Waals surface area (Å²) in [7, 11) is 3.60. The van der Waals surface area contributed by atoms with Crippen molar-refractivity contribution in [1.29, 1.82) is 0 Å². The predicted molar refractivity (Wildman–Crippen MR) is 290 cm³/mol. The number of rotatable bonds is 10. The smallest absolute Gasteiger partial charge is 0.343 e. The average molecular weight is 1040 g/mol. The molecule has 17 rings (SSSR count). The van der Waals surface area contributed by atoms with Gasteiger partial charge in [0, 0.05) is 78.6 Å². The Balaban J connectivity index is 0.000000142. The number of phenolic OH excluding ortho intramolecular Hbond substituents is 1. The van der Waals surface area contributed by atoms with E-state index in [1.807, 2.05) is 51.3 Å². The number of phenols is 1. The third-order valence-electron chi connectivity index (χ3n) is 24.4. The van der Waals surface area contributed by atoms with Gasteiger partial charge >= 0.3 is 5.97 Å². The van der Waals surface area contributed by atoms with Crippen molar-refractivity contribution < 1.29 is 43.8 Å². The molecule has 11 nitrogen and oxygen atoms in total. The Kier molecular flexibility index (Phi) is 10.5. The number of fused-ring (bicyclic) bond motifs is 3. The van der Waals surface area contributed by atoms with Crippen molar-refractivity contribution in [3.8, 4) is 23.0 Å². The summed E-state index contributed by atoms with van der Waals surface area (Å²) in [5.74, 6) is 3.21. The van der Waals surface area contributed by atoms with Crippen LogP contribution in [0.5, 0.6) is 23.0 Å². The summed E-state index contributed by atoms with van der Waals surface area (Å²) < 4.78 is 33.3. The number of hydrogen-bond donors (Lipinski definition) is 3. The number of esters is 1. The zero-order valence-electron chi connectivity index (χ0n) is 47.0. The SMILES string of the molecule is CO[C@]12C=C[C@@]3(C[C@@H]1[C@](C)(O)C(C)(C)C)[C@H]1Cc4ccc(OC(=O)c5ccccc5)c5c4[C@@]3(CCN1CC1CC1)[C@H]2O5.CO[C@]12CC[C@@]3(C[C@@H]1[C@](C)(O)C(C)(C)C)[C@H]1Cc4ccc(O)c5c4[C@@]3(CCN1CC1CC1)[C@H]2O5. The molecule has 3 aromatic rings. The normalized spacial score (nSPS) is 40.2. The number of hydrogen-bond acceptors (Lipinski definition) is 11. The molecule has 3 N–H and O–H groups in total. The van der Waals surface area contributed by atoms with Crippen molar-refractivity contribution in [3.63, 3.8) is 0 Å². The molecule has 2 saturated heterocycles. The summed E-state index contributed by atoms with van der Waals surface area (Å²) in [4.78, 5) is 18.8. The highest BCUT2D eigenvalue weighted by molar-refractivity contribution is 5.91. The molecule has 4 spiro atoms. The average Bonchev–Trinajstić information content (AvgIpc) is 3.54. The van der Waals surface area contributed by atoms with E-state index in [1.54, 1.807) is 19.2 Å². The third-order valence-corrected chi connectivity index (χ3v) is 24.4. The summed E-state index contributed by atoms with van der Waals surface area (Å²) in [5, 5.41) is 35.5. The summed E-state index contributed by atoms with van der Waals surface area (Å²) >= 11 is 0. The minimum absolute atomic E-state index is 0.0294. The number of benzene rings is 3. The fraction of sp³-hybridized carbons (Fsp3) is 0.677. The Hall–Kier alpha value is -3.97. The Morgan fingerprint density at radius 2 is 1.25 bits per heavy atom. The summed E-state index contributed by atoms with van der Waals surface area (Å²) in [6.45, 7) is 21.3. The van der Waals surface area contributed by atoms with Crippen molar-refractivity contribution >= 4 is 5.97 Å². The Morgan fingerprint density at radius 1 is 0.658 bits per heavy atom. The standard InChI is InChI=1S/C36H43NO5.C29H41NO4/c1-32(2,3)33(4,39)26-20-34-15-16-36(26,40-5)31-35(34)17-18-37(21-22-11-12-22)27(34)19-24-13-14-25(29(42-31)28(24)35)41-30(38)23-9-7-6-8-10-23;1-25(2,3)26(4,32)20-15-27-10-11-29(20,33-5)24-28(27)12-13-30(16-17-6-7-17)21(27)14-18-8-9-19(31)23(34-24)22(18)28/h6-10,13-16,22,26-27,31,39H,11-12,17-21H2,1-5H3;8-9,17,20-21,24,31-32H,6-7,10-16H2,1-5H3/t26-,27-,31-,33+,34-,35+,36-;20-,21-,24-,26+,27-,28+,29-/m11/s1. The van der Waals surface area contributed by atoms with Crippen molar-refractivity contribution in [3.05, 3.63) is 94.6 Å². The first-order chi connectivity index (χ1) is 36.0. The molecule has 8 fully saturated rings. The van der Waals surface area contributed by atoms with E-state index >= 15 is 0 Å². The second-order valence-electron chi connectivity index (χ2n) is 28.9. The zero-order valence-corrected chi connectivity index (χ0v) is 47.0. The summed E-state index contributed by atoms with van der Waals surface area (Å²) in [6, 6.07) is 18.0. The maximum absolute atomic E-state index is 13.3. The van der Waals surface area contributed by atoms with E-state index in [0.29, 0.717) is 34.9 Å². The molecule has 4 aliphatic heterocycles. The molecule has 14 aliphatic rings. The molecule has 0 radical (unpaired) electrons. The van der Waals surface area contributed by atoms with Gasteiger partial charge in [-0.2, -0.15) is 0 Å². The molecule has 14 atom stereocenters. The van der Waals surface area contributed by atoms with Crippen molar-refractivity contribution in [2.45, 2.75) is 190 Å². The van der Waals surface area contributed by atoms with E-state index in [2.05, 4.69) is 75.6 Å². The first kappa shape index (κ1) is 50.3. The van der Waals surface area contributed by atoms with Crippen LogP contribution in [0.2, 0.25) is 0 Å². The summed E-state index contributed by atoms with van der Waals surface area (Å²) in [5.41, 5.74) is 1.07. The van der Waals surface area contributed by atoms with Gasteiger partial charge in [-0.25, -0.2) is 4.79 Å². The minimum atomic E-state index is -1.01. The lowest BCUT2D eigenvalue weighted by Crippen LogP contribution is -2.83. The molecule has 0 unspecified atom stereocenters. The largest absolute Gasteiger partial charge is 0.504 e. The Bertz CT molecular complexity index is 2930. The van der Waals surface area contributed by atoms with E-state index < -0.39 is 22.4 Å². The highest BCUT2D eigenvalue weighted by atomic mass is 16.6. The number of carbonyl (C=O) groups is 1. The van der Waals surface area contributed by atoms with Gasteiger partial charge in [-0.15, -0.1) is 0 Å². The first-order valence-electron chi connectivity index (χ1n) is 29.4. The molecule has 4 heterocycles. The van der Waals surface area contributed by atoms with Gasteiger partial charge in [0.15, 0.2) is 23.0 Å². The van der Waals surface area contributed by atoms with Crippen LogP contribution in [-0.4, -0.2) is 118 Å². The Morgan fingerprint density at radius 3 is 1.88 bits per heavy atom. The maximum atomic E-state index is 13.3. The number of ether oxygens (including phenoxy) is 5. The monoisotopic (exact) mass is 1040 g/mol. The molecule has 0 aromatic heterocycles. The van der Waals surface area contributed by atoms with E-state index in [-0.39, 0.29) is 68.3 Å². The minimum Gasteiger partial charge on any atom is -0.504 e. The topological polar surface area (TPSA) is 130 Å². The molecular formula is C65H84N2O9. The number of aliphatic hydroxyl groups is 2. The molecule has 11 heteroatoms. The molecule has 6 saturated carbocycles. The number of piperidine rings is 2. The number of nitrogens with zero attached hydrogens (tertiary/aromatic N) is 2. The highest BCUT2D eigenvalue weighted by Crippen LogP contribution is 2.79. The molecule has 8 bridgehead atoms. The fourth-order valence-electron chi connectivity index (χ4n) is 19.3. The van der Waals surface area contributed by atoms with E-state index in [1.165, 1.54) is 54.5 Å². The predicted octanol–water partition coefficient (Wildman–Crippen LogP) is 10.1. The number of carbonyl (C=O) groups excluding carboxylic acids is 1. The van der Waals surface area contributed by atoms with Gasteiger partial charge in [-0.05, 0) is 162 Å². The van der Waals surface area contributed by atoms with Crippen molar-refractivity contribution in [2.24, 2.45) is 45.3 Å². The lowest BCUT2D eigenvalue weighted by atomic mass is 9.33. The van der Waals surface area contributed by atoms with Crippen LogP contribution >= 0.6 is 0 Å². The van der Waals surface area contributed by atoms with Crippen LogP contribution in [0, 0.1) is 45.3 Å². The first-order valence-corrected chi connectivity index (χ1v) is 29.4. The molecule has 408 valence electrons. The maximum Gasteiger partial charge on any atom is 0.343 e. The molecule has 3 aromatic carbocycles. The van der Waals surface area contributed by atoms with Crippen LogP contribution in [0.1, 0.15) is 152 Å². The number of likely N-dealkylation sites (tertiary alicyclic amines) is 2. The Labute approximate surface area is 451 Å². The van der Waals surface area contributed by atoms with Gasteiger partial charge in [-0.3, -0.25) is 9.80 Å². The van der Waals surface area contributed by atoms with Crippen LogP contribution in [0.3, 0.4) is 0 Å². The molecular weight excluding hydrogens is 953 g/mol. The second-order valence-corrected chi connectivity index (χ2v) is 28.9. The van der Waals surface area contributed by atoms with Gasteiger partial charge in [0.05, 0.1) is 22.2 Å². The number of aromatic hydroxyl groups is 1. The van der Waals surface area contributed by atoms with E-state index in [0.717, 1.165) is 82.8 Å². The lowest BCUT2D eigenvalue weighted by Gasteiger charge is -2.75. The van der Waals surface area contributed by atoms with Gasteiger partial charge in [0.2, 0.25) is 0 Å². The summed E-state index contributed by atoms with van der Waals surface area (Å²) in [6.07, 6.45) is 17.4. The quantitative estimate of drug-likeness (QED) is 0.102. The number of methoxy groups -OCH3 is 2. The van der Waals surface area contributed by atoms with Crippen LogP contribution in [-0.2, 0) is 33.1 Å². The molecule has 76 heavy (non-hydrogen) atoms. The van der Waals surface area contributed by atoms with E-state index in [9.17, 15) is 20.1 Å². The van der Waals surface area contributed by atoms with Crippen LogP contribution < -0.4 is 14.2 Å². The van der Waals surface area contributed by atoms with Gasteiger partial charge in [-0.1, -0.05) is 84.0 Å². The third kappa shape index (κ3) is 6.09. The van der Waals surface area contributed by atoms with Crippen LogP contribution in [0.25, 0.3) is 0 Å². The zero-order chi connectivity index (χ0) is 53.2. The van der Waals surface area contributed by atoms with Crippen LogP contribution in [0.15, 0.2) is 66.7 Å². The van der Waals surface area contributed by atoms with Crippen molar-refractivity contribution in [1.82, 2.24) is 9.80 Å². The van der Waals surface area contributed by atoms with Gasteiger partial charge < -0.3 is 39.0 Å². The fourth-order valence-corrected chi connectivity index (χ4v) is 19.3. The lowest BCUT2D eigenvalue weighted by molar-refractivity contribution is -0.312. The molecule has 10 aliphatic carbocycles. The van der Waals surface area contributed by atoms with Crippen LogP contribution in [0.4, 0.5) is 0 Å². The van der Waals surface area contributed by atoms with Crippen molar-refractivity contribution in [2.75, 3.05) is 40.4 Å². The van der Waals surface area contributed by atoms with Gasteiger partial charge in [0.1, 0.15) is 23.4 Å². The van der Waals surface area contributed by atoms with Gasteiger partial charge in [0.25, 0.3) is 0 Å². The molecule has 0 amide bonds. The highest BCUT2D eigenvalue weighted by Gasteiger charge is 2.84.